The molecule has 2 bridgehead atoms. The van der Waals surface area contributed by atoms with E-state index in [0.717, 1.165) is 23.1 Å². The largest absolute Gasteiger partial charge is 1.00 e. The molecule has 3 aliphatic heterocycles. The Kier molecular flexibility index (Phi) is 7.89. The molecule has 1 aromatic heterocycles. The fourth-order valence-corrected chi connectivity index (χ4v) is 6.85. The number of pyridine rings is 1. The van der Waals surface area contributed by atoms with E-state index in [9.17, 15) is 0 Å². The molecule has 0 aliphatic carbocycles. The molecule has 3 saturated heterocycles. The van der Waals surface area contributed by atoms with Gasteiger partial charge in [-0.25, -0.2) is 0 Å². The quantitative estimate of drug-likeness (QED) is 0.241. The summed E-state index contributed by atoms with van der Waals surface area (Å²) in [5.41, 5.74) is 4.94. The molecule has 0 N–H and O–H groups in total. The second-order valence-corrected chi connectivity index (χ2v) is 10.7. The van der Waals surface area contributed by atoms with Crippen molar-refractivity contribution in [2.24, 2.45) is 11.8 Å². The van der Waals surface area contributed by atoms with E-state index in [2.05, 4.69) is 109 Å². The van der Waals surface area contributed by atoms with Crippen LogP contribution in [0.1, 0.15) is 35.6 Å². The molecule has 3 unspecified atom stereocenters. The van der Waals surface area contributed by atoms with Crippen LogP contribution in [0, 0.1) is 11.8 Å². The van der Waals surface area contributed by atoms with Gasteiger partial charge in [-0.2, -0.15) is 0 Å². The van der Waals surface area contributed by atoms with Crippen molar-refractivity contribution in [3.63, 3.8) is 0 Å². The highest BCUT2D eigenvalue weighted by Gasteiger charge is 2.54. The van der Waals surface area contributed by atoms with Crippen LogP contribution in [0.15, 0.2) is 110 Å². The first-order valence-corrected chi connectivity index (χ1v) is 13.3. The summed E-state index contributed by atoms with van der Waals surface area (Å²) < 4.78 is 8.04. The minimum Gasteiger partial charge on any atom is -1.00 e. The highest BCUT2D eigenvalue weighted by molar-refractivity contribution is 5.82. The third-order valence-corrected chi connectivity index (χ3v) is 8.63. The van der Waals surface area contributed by atoms with Crippen LogP contribution >= 0.6 is 0 Å². The third-order valence-electron chi connectivity index (χ3n) is 8.63. The molecule has 3 fully saturated rings. The van der Waals surface area contributed by atoms with Gasteiger partial charge in [0, 0.05) is 35.9 Å². The Hall–Kier alpha value is -2.79. The summed E-state index contributed by atoms with van der Waals surface area (Å²) >= 11 is 0. The van der Waals surface area contributed by atoms with E-state index in [1.807, 2.05) is 6.20 Å². The molecule has 3 nitrogen and oxygen atoms in total. The Morgan fingerprint density at radius 2 is 1.62 bits per heavy atom. The smallest absolute Gasteiger partial charge is 0.135 e. The lowest BCUT2D eigenvalue weighted by atomic mass is 9.71. The second kappa shape index (κ2) is 11.3. The van der Waals surface area contributed by atoms with Gasteiger partial charge in [-0.05, 0) is 29.2 Å². The first kappa shape index (κ1) is 25.8. The highest BCUT2D eigenvalue weighted by Crippen LogP contribution is 2.49. The number of nitrogens with zero attached hydrogens (tertiary/aromatic N) is 2. The number of halogens is 1. The van der Waals surface area contributed by atoms with E-state index < -0.39 is 0 Å². The highest BCUT2D eigenvalue weighted by atomic mass is 79.9. The van der Waals surface area contributed by atoms with Crippen LogP contribution < -0.4 is 17.0 Å². The fourth-order valence-electron chi connectivity index (χ4n) is 6.85. The van der Waals surface area contributed by atoms with Crippen LogP contribution in [0.3, 0.4) is 0 Å². The molecule has 4 heteroatoms. The zero-order valence-corrected chi connectivity index (χ0v) is 22.8. The standard InChI is InChI=1S/C33H35N2O.BrH/c1-2-27-23-35(22-25-11-5-3-6-12-25)20-18-28(27)21-32(35)33(36-24-26-13-7-4-8-14-26)30-17-19-34-31-16-10-9-15-29(30)31;/h2-17,19,27-28,32-33H,1,18,20-24H2;1H/q+1;/p-1/t27?,28?,32-,33+,35?;/m0./s1. The molecule has 0 saturated carbocycles. The number of hydrogen-bond donors (Lipinski definition) is 0. The minimum absolute atomic E-state index is 0. The summed E-state index contributed by atoms with van der Waals surface area (Å²) in [5, 5.41) is 1.21. The number of rotatable bonds is 8. The van der Waals surface area contributed by atoms with Crippen molar-refractivity contribution in [3.8, 4) is 0 Å². The van der Waals surface area contributed by atoms with Crippen LogP contribution in [0.2, 0.25) is 0 Å². The van der Waals surface area contributed by atoms with Gasteiger partial charge in [0.2, 0.25) is 0 Å². The summed E-state index contributed by atoms with van der Waals surface area (Å²) in [7, 11) is 0. The maximum Gasteiger partial charge on any atom is 0.135 e. The first-order chi connectivity index (χ1) is 17.8. The van der Waals surface area contributed by atoms with Crippen molar-refractivity contribution < 1.29 is 26.2 Å². The summed E-state index contributed by atoms with van der Waals surface area (Å²) in [4.78, 5) is 4.67. The van der Waals surface area contributed by atoms with E-state index >= 15 is 0 Å². The molecular weight excluding hydrogens is 520 g/mol. The van der Waals surface area contributed by atoms with Crippen molar-refractivity contribution in [2.45, 2.75) is 38.1 Å². The van der Waals surface area contributed by atoms with Gasteiger partial charge in [0.1, 0.15) is 18.7 Å². The number of para-hydroxylation sites is 1. The number of piperidine rings is 3. The third kappa shape index (κ3) is 5.16. The van der Waals surface area contributed by atoms with Gasteiger partial charge in [-0.1, -0.05) is 84.9 Å². The summed E-state index contributed by atoms with van der Waals surface area (Å²) in [5.74, 6) is 1.25. The fraction of sp³-hybridized carbons (Fsp3) is 0.303. The Labute approximate surface area is 231 Å². The van der Waals surface area contributed by atoms with Crippen LogP contribution in [-0.4, -0.2) is 28.6 Å². The lowest BCUT2D eigenvalue weighted by Gasteiger charge is -2.58. The Balaban J connectivity index is 0.00000280. The zero-order valence-electron chi connectivity index (χ0n) is 21.3. The Morgan fingerprint density at radius 3 is 2.38 bits per heavy atom. The van der Waals surface area contributed by atoms with Crippen LogP contribution in [0.4, 0.5) is 0 Å². The second-order valence-electron chi connectivity index (χ2n) is 10.7. The summed E-state index contributed by atoms with van der Waals surface area (Å²) in [6.45, 7) is 8.22. The van der Waals surface area contributed by atoms with E-state index in [1.54, 1.807) is 0 Å². The SMILES string of the molecule is C=CC1C[N+]2(Cc3ccccc3)CCC1C[C@H]2[C@H](OCc1ccccc1)c1ccnc2ccccc12.[Br-]. The van der Waals surface area contributed by atoms with Gasteiger partial charge in [0.25, 0.3) is 0 Å². The van der Waals surface area contributed by atoms with Crippen LogP contribution in [0.5, 0.6) is 0 Å². The van der Waals surface area contributed by atoms with Crippen molar-refractivity contribution in [1.29, 1.82) is 0 Å². The molecule has 3 aromatic carbocycles. The number of benzene rings is 3. The average molecular weight is 556 g/mol. The molecular formula is C33H35BrN2O. The molecule has 4 heterocycles. The lowest BCUT2D eigenvalue weighted by Crippen LogP contribution is -3.00. The van der Waals surface area contributed by atoms with Gasteiger partial charge in [0.15, 0.2) is 0 Å². The van der Waals surface area contributed by atoms with Crippen LogP contribution in [-0.2, 0) is 17.9 Å². The topological polar surface area (TPSA) is 22.1 Å². The molecule has 0 radical (unpaired) electrons. The summed E-state index contributed by atoms with van der Waals surface area (Å²) in [6, 6.07) is 32.7. The van der Waals surface area contributed by atoms with Gasteiger partial charge < -0.3 is 26.2 Å². The number of fused-ring (bicyclic) bond motifs is 4. The molecule has 7 rings (SSSR count). The van der Waals surface area contributed by atoms with Gasteiger partial charge in [-0.15, -0.1) is 6.58 Å². The van der Waals surface area contributed by atoms with Crippen LogP contribution in [0.25, 0.3) is 10.9 Å². The van der Waals surface area contributed by atoms with Crippen molar-refractivity contribution >= 4 is 10.9 Å². The number of hydrogen-bond acceptors (Lipinski definition) is 2. The molecule has 0 amide bonds. The molecule has 190 valence electrons. The first-order valence-electron chi connectivity index (χ1n) is 13.3. The average Bonchev–Trinajstić information content (AvgIpc) is 2.94. The molecule has 5 atom stereocenters. The van der Waals surface area contributed by atoms with Crippen molar-refractivity contribution in [2.75, 3.05) is 13.1 Å². The maximum absolute atomic E-state index is 6.98. The van der Waals surface area contributed by atoms with Crippen molar-refractivity contribution in [1.82, 2.24) is 4.98 Å². The monoisotopic (exact) mass is 554 g/mol. The predicted octanol–water partition coefficient (Wildman–Crippen LogP) is 4.11. The predicted molar refractivity (Wildman–Crippen MR) is 146 cm³/mol. The number of ether oxygens (including phenoxy) is 1. The lowest BCUT2D eigenvalue weighted by molar-refractivity contribution is -0.985. The van der Waals surface area contributed by atoms with Gasteiger partial charge in [0.05, 0.1) is 25.2 Å². The van der Waals surface area contributed by atoms with Gasteiger partial charge in [-0.3, -0.25) is 4.98 Å². The number of quaternary nitrogens is 1. The maximum atomic E-state index is 6.98. The zero-order chi connectivity index (χ0) is 24.4. The van der Waals surface area contributed by atoms with E-state index in [0.29, 0.717) is 24.5 Å². The Bertz CT molecular complexity index is 1320. The molecule has 4 aromatic rings. The number of aromatic nitrogens is 1. The van der Waals surface area contributed by atoms with Gasteiger partial charge >= 0.3 is 0 Å². The molecule has 37 heavy (non-hydrogen) atoms. The van der Waals surface area contributed by atoms with E-state index in [4.69, 9.17) is 4.74 Å². The Morgan fingerprint density at radius 1 is 0.919 bits per heavy atom. The summed E-state index contributed by atoms with van der Waals surface area (Å²) in [6.07, 6.45) is 6.61. The molecule has 0 spiro atoms. The van der Waals surface area contributed by atoms with E-state index in [1.165, 1.54) is 41.5 Å². The minimum atomic E-state index is -0.00427. The normalized spacial score (nSPS) is 25.4. The van der Waals surface area contributed by atoms with E-state index in [-0.39, 0.29) is 23.1 Å². The molecule has 3 aliphatic rings. The van der Waals surface area contributed by atoms with Crippen molar-refractivity contribution in [3.05, 3.63) is 127 Å².